The highest BCUT2D eigenvalue weighted by Gasteiger charge is 2.07. The van der Waals surface area contributed by atoms with Gasteiger partial charge in [-0.15, -0.1) is 0 Å². The summed E-state index contributed by atoms with van der Waals surface area (Å²) >= 11 is 0. The van der Waals surface area contributed by atoms with E-state index in [2.05, 4.69) is 5.32 Å². The Morgan fingerprint density at radius 2 is 2.36 bits per heavy atom. The Morgan fingerprint density at radius 3 is 2.93 bits per heavy atom. The summed E-state index contributed by atoms with van der Waals surface area (Å²) in [6.45, 7) is 0. The lowest BCUT2D eigenvalue weighted by molar-refractivity contribution is -0.384. The maximum atomic E-state index is 10.4. The van der Waals surface area contributed by atoms with Crippen molar-refractivity contribution in [2.24, 2.45) is 0 Å². The molecule has 5 heteroatoms. The highest BCUT2D eigenvalue weighted by atomic mass is 16.6. The van der Waals surface area contributed by atoms with Gasteiger partial charge in [0.05, 0.1) is 4.92 Å². The molecule has 2 N–H and O–H groups in total. The van der Waals surface area contributed by atoms with E-state index in [1.807, 2.05) is 0 Å². The molecular formula is C9H12N2O3. The van der Waals surface area contributed by atoms with Gasteiger partial charge in [-0.25, -0.2) is 0 Å². The predicted molar refractivity (Wildman–Crippen MR) is 51.9 cm³/mol. The molecular weight excluding hydrogens is 184 g/mol. The first-order valence-electron chi connectivity index (χ1n) is 4.22. The van der Waals surface area contributed by atoms with Crippen LogP contribution in [0, 0.1) is 10.1 Å². The fraction of sp³-hybridized carbons (Fsp3) is 0.333. The molecule has 1 rings (SSSR count). The zero-order chi connectivity index (χ0) is 10.6. The molecule has 0 bridgehead atoms. The standard InChI is InChI=1S/C9H12N2O3/c1-10-9(12)6-7-3-2-4-8(5-7)11(13)14/h2-5,9-10,12H,6H2,1H3. The highest BCUT2D eigenvalue weighted by Crippen LogP contribution is 2.13. The number of hydrogen-bond acceptors (Lipinski definition) is 4. The van der Waals surface area contributed by atoms with Crippen molar-refractivity contribution in [3.63, 3.8) is 0 Å². The normalized spacial score (nSPS) is 12.4. The fourth-order valence-electron chi connectivity index (χ4n) is 1.12. The molecule has 1 aromatic rings. The summed E-state index contributed by atoms with van der Waals surface area (Å²) in [4.78, 5) is 9.99. The first kappa shape index (κ1) is 10.6. The zero-order valence-electron chi connectivity index (χ0n) is 7.80. The van der Waals surface area contributed by atoms with Crippen molar-refractivity contribution in [2.75, 3.05) is 7.05 Å². The van der Waals surface area contributed by atoms with Gasteiger partial charge in [-0.1, -0.05) is 12.1 Å². The maximum absolute atomic E-state index is 10.4. The van der Waals surface area contributed by atoms with E-state index < -0.39 is 11.2 Å². The number of benzene rings is 1. The molecule has 0 radical (unpaired) electrons. The second kappa shape index (κ2) is 4.69. The van der Waals surface area contributed by atoms with Gasteiger partial charge in [0.1, 0.15) is 6.23 Å². The average Bonchev–Trinajstić information content (AvgIpc) is 2.18. The first-order valence-corrected chi connectivity index (χ1v) is 4.22. The van der Waals surface area contributed by atoms with Gasteiger partial charge in [-0.2, -0.15) is 0 Å². The van der Waals surface area contributed by atoms with Gasteiger partial charge in [0.15, 0.2) is 0 Å². The summed E-state index contributed by atoms with van der Waals surface area (Å²) in [7, 11) is 1.63. The van der Waals surface area contributed by atoms with Crippen LogP contribution in [0.15, 0.2) is 24.3 Å². The minimum atomic E-state index is -0.669. The van der Waals surface area contributed by atoms with Gasteiger partial charge in [-0.3, -0.25) is 15.4 Å². The van der Waals surface area contributed by atoms with Crippen LogP contribution in [0.4, 0.5) is 5.69 Å². The molecule has 0 aliphatic rings. The van der Waals surface area contributed by atoms with Crippen LogP contribution < -0.4 is 5.32 Å². The molecule has 0 saturated heterocycles. The quantitative estimate of drug-likeness (QED) is 0.421. The molecule has 0 amide bonds. The Kier molecular flexibility index (Phi) is 3.55. The molecule has 0 saturated carbocycles. The number of non-ortho nitro benzene ring substituents is 1. The molecule has 76 valence electrons. The molecule has 14 heavy (non-hydrogen) atoms. The van der Waals surface area contributed by atoms with Crippen molar-refractivity contribution in [1.29, 1.82) is 0 Å². The third-order valence-corrected chi connectivity index (χ3v) is 1.88. The number of hydrogen-bond donors (Lipinski definition) is 2. The summed E-state index contributed by atoms with van der Waals surface area (Å²) in [5.41, 5.74) is 0.784. The Morgan fingerprint density at radius 1 is 1.64 bits per heavy atom. The van der Waals surface area contributed by atoms with Crippen LogP contribution in [-0.2, 0) is 6.42 Å². The zero-order valence-corrected chi connectivity index (χ0v) is 7.80. The van der Waals surface area contributed by atoms with E-state index in [1.54, 1.807) is 19.2 Å². The Bertz CT molecular complexity index is 328. The predicted octanol–water partition coefficient (Wildman–Crippen LogP) is 0.675. The monoisotopic (exact) mass is 196 g/mol. The molecule has 0 heterocycles. The van der Waals surface area contributed by atoms with Gasteiger partial charge < -0.3 is 5.11 Å². The number of aliphatic hydroxyl groups is 1. The van der Waals surface area contributed by atoms with E-state index in [-0.39, 0.29) is 5.69 Å². The van der Waals surface area contributed by atoms with E-state index >= 15 is 0 Å². The number of nitro benzene ring substituents is 1. The molecule has 0 aromatic heterocycles. The summed E-state index contributed by atoms with van der Waals surface area (Å²) in [6.07, 6.45) is -0.310. The van der Waals surface area contributed by atoms with Crippen molar-refractivity contribution in [2.45, 2.75) is 12.6 Å². The molecule has 1 atom stereocenters. The number of nitro groups is 1. The number of nitrogens with zero attached hydrogens (tertiary/aromatic N) is 1. The maximum Gasteiger partial charge on any atom is 0.269 e. The highest BCUT2D eigenvalue weighted by molar-refractivity contribution is 5.34. The lowest BCUT2D eigenvalue weighted by Gasteiger charge is -2.08. The number of likely N-dealkylation sites (N-methyl/N-ethyl adjacent to an activating group) is 1. The van der Waals surface area contributed by atoms with E-state index in [9.17, 15) is 15.2 Å². The molecule has 1 unspecified atom stereocenters. The number of aliphatic hydroxyl groups excluding tert-OH is 1. The molecule has 0 fully saturated rings. The van der Waals surface area contributed by atoms with Crippen LogP contribution in [0.5, 0.6) is 0 Å². The van der Waals surface area contributed by atoms with Gasteiger partial charge >= 0.3 is 0 Å². The lowest BCUT2D eigenvalue weighted by Crippen LogP contribution is -2.26. The molecule has 5 nitrogen and oxygen atoms in total. The molecule has 1 aromatic carbocycles. The second-order valence-electron chi connectivity index (χ2n) is 2.94. The Hall–Kier alpha value is -1.46. The lowest BCUT2D eigenvalue weighted by atomic mass is 10.1. The van der Waals surface area contributed by atoms with Crippen molar-refractivity contribution >= 4 is 5.69 Å². The van der Waals surface area contributed by atoms with Gasteiger partial charge in [0.2, 0.25) is 0 Å². The third-order valence-electron chi connectivity index (χ3n) is 1.88. The first-order chi connectivity index (χ1) is 6.63. The van der Waals surface area contributed by atoms with E-state index in [0.717, 1.165) is 5.56 Å². The fourth-order valence-corrected chi connectivity index (χ4v) is 1.12. The molecule has 0 aliphatic carbocycles. The van der Waals surface area contributed by atoms with Gasteiger partial charge in [0.25, 0.3) is 5.69 Å². The van der Waals surface area contributed by atoms with E-state index in [4.69, 9.17) is 0 Å². The SMILES string of the molecule is CNC(O)Cc1cccc([N+](=O)[O-])c1. The van der Waals surface area contributed by atoms with Crippen molar-refractivity contribution in [1.82, 2.24) is 5.32 Å². The van der Waals surface area contributed by atoms with Gasteiger partial charge in [0, 0.05) is 18.6 Å². The topological polar surface area (TPSA) is 75.4 Å². The van der Waals surface area contributed by atoms with Crippen LogP contribution in [-0.4, -0.2) is 23.3 Å². The third kappa shape index (κ3) is 2.79. The summed E-state index contributed by atoms with van der Waals surface area (Å²) in [5.74, 6) is 0. The number of rotatable bonds is 4. The summed E-state index contributed by atoms with van der Waals surface area (Å²) in [6, 6.07) is 6.24. The van der Waals surface area contributed by atoms with Crippen molar-refractivity contribution in [3.8, 4) is 0 Å². The minimum Gasteiger partial charge on any atom is -0.378 e. The Labute approximate surface area is 81.5 Å². The van der Waals surface area contributed by atoms with Crippen LogP contribution in [0.25, 0.3) is 0 Å². The van der Waals surface area contributed by atoms with Crippen LogP contribution in [0.1, 0.15) is 5.56 Å². The summed E-state index contributed by atoms with van der Waals surface area (Å²) < 4.78 is 0. The van der Waals surface area contributed by atoms with E-state index in [0.29, 0.717) is 6.42 Å². The molecule has 0 aliphatic heterocycles. The van der Waals surface area contributed by atoms with Crippen LogP contribution >= 0.6 is 0 Å². The Balaban J connectivity index is 2.78. The smallest absolute Gasteiger partial charge is 0.269 e. The summed E-state index contributed by atoms with van der Waals surface area (Å²) in [5, 5.41) is 22.3. The second-order valence-corrected chi connectivity index (χ2v) is 2.94. The van der Waals surface area contributed by atoms with Crippen LogP contribution in [0.3, 0.4) is 0 Å². The number of nitrogens with one attached hydrogen (secondary N) is 1. The van der Waals surface area contributed by atoms with Crippen molar-refractivity contribution < 1.29 is 10.0 Å². The molecule has 0 spiro atoms. The van der Waals surface area contributed by atoms with Gasteiger partial charge in [-0.05, 0) is 12.6 Å². The largest absolute Gasteiger partial charge is 0.378 e. The minimum absolute atomic E-state index is 0.0470. The average molecular weight is 196 g/mol. The van der Waals surface area contributed by atoms with Crippen molar-refractivity contribution in [3.05, 3.63) is 39.9 Å². The van der Waals surface area contributed by atoms with E-state index in [1.165, 1.54) is 12.1 Å². The van der Waals surface area contributed by atoms with Crippen LogP contribution in [0.2, 0.25) is 0 Å².